The molecule has 15 heavy (non-hydrogen) atoms. The summed E-state index contributed by atoms with van der Waals surface area (Å²) in [4.78, 5) is 0. The molecule has 0 spiro atoms. The van der Waals surface area contributed by atoms with Gasteiger partial charge in [0.15, 0.2) is 0 Å². The van der Waals surface area contributed by atoms with Crippen LogP contribution in [0, 0.1) is 0 Å². The van der Waals surface area contributed by atoms with E-state index in [0.717, 1.165) is 0 Å². The number of hydrogen-bond donors (Lipinski definition) is 2. The van der Waals surface area contributed by atoms with Gasteiger partial charge in [-0.15, -0.1) is 0 Å². The second-order valence-electron chi connectivity index (χ2n) is 2.09. The predicted octanol–water partition coefficient (Wildman–Crippen LogP) is -0.363. The Kier molecular flexibility index (Phi) is 9.57. The maximum Gasteiger partial charge on any atom is 0.703 e. The van der Waals surface area contributed by atoms with E-state index >= 15 is 0 Å². The standard InChI is InChI=1S/C4H8O8P2.K/c5-1-3-9-13(7)11-4(2-6)12-14(8)10-3;/h3-6H,1-2H2;/q+2;. The van der Waals surface area contributed by atoms with Crippen LogP contribution in [-0.2, 0) is 27.2 Å². The first-order chi connectivity index (χ1) is 6.65. The first-order valence-corrected chi connectivity index (χ1v) is 5.68. The number of rotatable bonds is 2. The van der Waals surface area contributed by atoms with Crippen LogP contribution in [0.1, 0.15) is 0 Å². The molecule has 1 aliphatic rings. The molecule has 0 atom stereocenters. The summed E-state index contributed by atoms with van der Waals surface area (Å²) < 4.78 is 39.7. The Morgan fingerprint density at radius 3 is 1.33 bits per heavy atom. The van der Waals surface area contributed by atoms with E-state index in [1.165, 1.54) is 0 Å². The molecule has 0 aliphatic carbocycles. The van der Waals surface area contributed by atoms with Gasteiger partial charge in [-0.25, -0.2) is 0 Å². The van der Waals surface area contributed by atoms with Crippen LogP contribution in [0.15, 0.2) is 0 Å². The van der Waals surface area contributed by atoms with Gasteiger partial charge in [0.2, 0.25) is 0 Å². The largest absolute Gasteiger partial charge is 0.703 e. The maximum atomic E-state index is 10.9. The monoisotopic (exact) mass is 285 g/mol. The summed E-state index contributed by atoms with van der Waals surface area (Å²) in [6, 6.07) is 0. The van der Waals surface area contributed by atoms with Gasteiger partial charge in [-0.05, 0) is 0 Å². The summed E-state index contributed by atoms with van der Waals surface area (Å²) >= 11 is 0. The van der Waals surface area contributed by atoms with E-state index in [1.807, 2.05) is 0 Å². The molecule has 1 saturated heterocycles. The first-order valence-electron chi connectivity index (χ1n) is 3.49. The Morgan fingerprint density at radius 1 is 0.867 bits per heavy atom. The third-order valence-corrected chi connectivity index (χ3v) is 2.74. The molecule has 0 saturated carbocycles. The normalized spacial score (nSPS) is 32.7. The van der Waals surface area contributed by atoms with Crippen molar-refractivity contribution in [2.24, 2.45) is 0 Å². The van der Waals surface area contributed by atoms with Crippen LogP contribution >= 0.6 is 16.5 Å². The summed E-state index contributed by atoms with van der Waals surface area (Å²) in [7, 11) is -5.19. The van der Waals surface area contributed by atoms with Crippen molar-refractivity contribution in [2.45, 2.75) is 12.6 Å². The number of hydrogen-bond acceptors (Lipinski definition) is 8. The summed E-state index contributed by atoms with van der Waals surface area (Å²) in [6.07, 6.45) is -2.66. The summed E-state index contributed by atoms with van der Waals surface area (Å²) in [5.74, 6) is 0. The fourth-order valence-electron chi connectivity index (χ4n) is 0.605. The quantitative estimate of drug-likeness (QED) is 0.522. The third-order valence-electron chi connectivity index (χ3n) is 1.11. The fourth-order valence-corrected chi connectivity index (χ4v) is 2.05. The molecule has 1 fully saturated rings. The third kappa shape index (κ3) is 6.18. The second kappa shape index (κ2) is 8.65. The summed E-state index contributed by atoms with van der Waals surface area (Å²) in [6.45, 7) is -1.28. The zero-order chi connectivity index (χ0) is 10.6. The van der Waals surface area contributed by atoms with Crippen molar-refractivity contribution in [3.05, 3.63) is 0 Å². The van der Waals surface area contributed by atoms with E-state index < -0.39 is 42.3 Å². The zero-order valence-electron chi connectivity index (χ0n) is 7.81. The van der Waals surface area contributed by atoms with Crippen LogP contribution in [0.5, 0.6) is 0 Å². The molecule has 81 valence electrons. The molecule has 0 bridgehead atoms. The Bertz CT molecular complexity index is 197. The van der Waals surface area contributed by atoms with E-state index in [4.69, 9.17) is 10.2 Å². The number of aliphatic hydroxyl groups excluding tert-OH is 2. The van der Waals surface area contributed by atoms with Gasteiger partial charge in [0, 0.05) is 60.5 Å². The van der Waals surface area contributed by atoms with Gasteiger partial charge in [0.05, 0.1) is 0 Å². The summed E-state index contributed by atoms with van der Waals surface area (Å²) in [5, 5.41) is 17.2. The molecule has 0 aromatic rings. The first kappa shape index (κ1) is 16.6. The van der Waals surface area contributed by atoms with Gasteiger partial charge in [-0.3, -0.25) is 0 Å². The van der Waals surface area contributed by atoms with Gasteiger partial charge >= 0.3 is 16.5 Å². The molecule has 1 aliphatic heterocycles. The fraction of sp³-hybridized carbons (Fsp3) is 1.00. The second-order valence-corrected chi connectivity index (χ2v) is 3.83. The van der Waals surface area contributed by atoms with Crippen molar-refractivity contribution >= 4 is 67.9 Å². The van der Waals surface area contributed by atoms with Crippen LogP contribution in [0.2, 0.25) is 0 Å². The maximum absolute atomic E-state index is 10.9. The average Bonchev–Trinajstić information content (AvgIpc) is 2.13. The Morgan fingerprint density at radius 2 is 1.13 bits per heavy atom. The topological polar surface area (TPSA) is 112 Å². The minimum Gasteiger partial charge on any atom is -0.391 e. The van der Waals surface area contributed by atoms with Crippen molar-refractivity contribution < 1.29 is 37.4 Å². The van der Waals surface area contributed by atoms with Crippen LogP contribution < -0.4 is 0 Å². The van der Waals surface area contributed by atoms with E-state index in [0.29, 0.717) is 0 Å². The van der Waals surface area contributed by atoms with Crippen molar-refractivity contribution in [2.75, 3.05) is 13.2 Å². The average molecular weight is 285 g/mol. The smallest absolute Gasteiger partial charge is 0.391 e. The molecular weight excluding hydrogens is 277 g/mol. The minimum absolute atomic E-state index is 0. The van der Waals surface area contributed by atoms with E-state index in [1.54, 1.807) is 0 Å². The Hall–Kier alpha value is 1.60. The molecule has 0 aromatic heterocycles. The van der Waals surface area contributed by atoms with Gasteiger partial charge in [0.1, 0.15) is 13.2 Å². The molecule has 11 heteroatoms. The molecule has 1 rings (SSSR count). The van der Waals surface area contributed by atoms with Crippen molar-refractivity contribution in [1.82, 2.24) is 0 Å². The van der Waals surface area contributed by atoms with Crippen LogP contribution in [0.4, 0.5) is 0 Å². The van der Waals surface area contributed by atoms with Crippen LogP contribution in [-0.4, -0.2) is 87.4 Å². The molecule has 0 aromatic carbocycles. The molecule has 0 unspecified atom stereocenters. The molecule has 2 N–H and O–H groups in total. The van der Waals surface area contributed by atoms with Crippen LogP contribution in [0.3, 0.4) is 0 Å². The van der Waals surface area contributed by atoms with E-state index in [9.17, 15) is 9.13 Å². The van der Waals surface area contributed by atoms with Crippen molar-refractivity contribution in [1.29, 1.82) is 0 Å². The Labute approximate surface area is 130 Å². The van der Waals surface area contributed by atoms with E-state index in [-0.39, 0.29) is 51.4 Å². The molecule has 1 radical (unpaired) electrons. The summed E-state index contributed by atoms with van der Waals surface area (Å²) in [5.41, 5.74) is 0. The van der Waals surface area contributed by atoms with E-state index in [2.05, 4.69) is 18.1 Å². The van der Waals surface area contributed by atoms with Gasteiger partial charge < -0.3 is 10.2 Å². The van der Waals surface area contributed by atoms with Gasteiger partial charge in [-0.2, -0.15) is 0 Å². The van der Waals surface area contributed by atoms with Crippen molar-refractivity contribution in [3.8, 4) is 0 Å². The van der Waals surface area contributed by atoms with Crippen LogP contribution in [0.25, 0.3) is 0 Å². The van der Waals surface area contributed by atoms with Gasteiger partial charge in [-0.1, -0.05) is 18.1 Å². The number of aliphatic hydroxyl groups is 2. The molecular formula is C4H8KO8P2+2. The Balaban J connectivity index is 0.00000196. The SMILES string of the molecule is O=[P+]1OC(CO)O[P+](=O)OC(CO)O1.[K]. The predicted molar refractivity (Wildman–Crippen MR) is 47.1 cm³/mol. The molecule has 0 amide bonds. The minimum atomic E-state index is -2.59. The van der Waals surface area contributed by atoms with Gasteiger partial charge in [0.25, 0.3) is 12.6 Å². The zero-order valence-corrected chi connectivity index (χ0v) is 12.7. The molecule has 8 nitrogen and oxygen atoms in total. The molecule has 1 heterocycles. The van der Waals surface area contributed by atoms with Crippen molar-refractivity contribution in [3.63, 3.8) is 0 Å².